The fraction of sp³-hybridized carbons (Fsp3) is 0.625. The highest BCUT2D eigenvalue weighted by molar-refractivity contribution is 9.10. The molecule has 2 N–H and O–H groups in total. The minimum atomic E-state index is -0.515. The molecular weight excluding hydrogens is 334 g/mol. The summed E-state index contributed by atoms with van der Waals surface area (Å²) >= 11 is 3.46. The molecule has 2 atom stereocenters. The maximum atomic E-state index is 9.87. The average molecular weight is 360 g/mol. The number of halogens is 1. The van der Waals surface area contributed by atoms with E-state index in [1.165, 1.54) is 5.56 Å². The van der Waals surface area contributed by atoms with Gasteiger partial charge in [0.25, 0.3) is 0 Å². The lowest BCUT2D eigenvalue weighted by molar-refractivity contribution is -0.0104. The van der Waals surface area contributed by atoms with E-state index in [1.54, 1.807) is 0 Å². The van der Waals surface area contributed by atoms with Crippen molar-refractivity contribution in [1.29, 1.82) is 0 Å². The quantitative estimate of drug-likeness (QED) is 0.630. The van der Waals surface area contributed by atoms with Crippen LogP contribution in [0.25, 0.3) is 0 Å². The summed E-state index contributed by atoms with van der Waals surface area (Å²) in [5.41, 5.74) is 1.18. The van der Waals surface area contributed by atoms with Gasteiger partial charge in [0.15, 0.2) is 0 Å². The lowest BCUT2D eigenvalue weighted by atomic mass is 10.1. The normalized spacial score (nSPS) is 14.4. The molecule has 1 unspecified atom stereocenters. The van der Waals surface area contributed by atoms with Crippen molar-refractivity contribution in [2.45, 2.75) is 39.0 Å². The summed E-state index contributed by atoms with van der Waals surface area (Å²) in [5.74, 6) is 0. The summed E-state index contributed by atoms with van der Waals surface area (Å²) in [7, 11) is 0. The maximum Gasteiger partial charge on any atom is 0.0897 e. The third kappa shape index (κ3) is 8.53. The Morgan fingerprint density at radius 3 is 2.67 bits per heavy atom. The van der Waals surface area contributed by atoms with Crippen molar-refractivity contribution in [3.63, 3.8) is 0 Å². The summed E-state index contributed by atoms with van der Waals surface area (Å²) in [6, 6.07) is 8.32. The molecule has 21 heavy (non-hydrogen) atoms. The van der Waals surface area contributed by atoms with E-state index in [0.29, 0.717) is 26.4 Å². The Kier molecular flexibility index (Phi) is 9.11. The van der Waals surface area contributed by atoms with Gasteiger partial charge in [-0.2, -0.15) is 0 Å². The van der Waals surface area contributed by atoms with Gasteiger partial charge in [0.2, 0.25) is 0 Å². The molecule has 1 aromatic carbocycles. The molecule has 0 spiro atoms. The number of aliphatic hydroxyl groups excluding tert-OH is 1. The van der Waals surface area contributed by atoms with E-state index in [1.807, 2.05) is 26.0 Å². The number of rotatable bonds is 10. The second kappa shape index (κ2) is 10.3. The standard InChI is InChI=1S/C16H26BrNO3/c1-12(2)21-8-7-20-11-16(19)10-18-13(3)14-5-4-6-15(17)9-14/h4-6,9,12-13,16,18-19H,7-8,10-11H2,1-3H3/t13-,16?/m1/s1. The van der Waals surface area contributed by atoms with Gasteiger partial charge in [-0.15, -0.1) is 0 Å². The van der Waals surface area contributed by atoms with Crippen LogP contribution in [-0.2, 0) is 9.47 Å². The molecule has 1 aromatic rings. The SMILES string of the molecule is CC(C)OCCOCC(O)CN[C@H](C)c1cccc(Br)c1. The fourth-order valence-corrected chi connectivity index (χ4v) is 2.24. The molecular formula is C16H26BrNO3. The number of hydrogen-bond donors (Lipinski definition) is 2. The van der Waals surface area contributed by atoms with Gasteiger partial charge in [-0.1, -0.05) is 28.1 Å². The minimum absolute atomic E-state index is 0.182. The van der Waals surface area contributed by atoms with E-state index in [-0.39, 0.29) is 12.1 Å². The highest BCUT2D eigenvalue weighted by Gasteiger charge is 2.09. The molecule has 0 aliphatic rings. The van der Waals surface area contributed by atoms with E-state index < -0.39 is 6.10 Å². The summed E-state index contributed by atoms with van der Waals surface area (Å²) < 4.78 is 11.8. The van der Waals surface area contributed by atoms with E-state index in [9.17, 15) is 5.11 Å². The number of benzene rings is 1. The lowest BCUT2D eigenvalue weighted by Crippen LogP contribution is -2.32. The number of nitrogens with one attached hydrogen (secondary N) is 1. The zero-order valence-corrected chi connectivity index (χ0v) is 14.6. The third-order valence-corrected chi connectivity index (χ3v) is 3.49. The third-order valence-electron chi connectivity index (χ3n) is 3.00. The second-order valence-electron chi connectivity index (χ2n) is 5.33. The van der Waals surface area contributed by atoms with Gasteiger partial charge in [0, 0.05) is 17.1 Å². The zero-order chi connectivity index (χ0) is 15.7. The first-order valence-corrected chi connectivity index (χ1v) is 8.14. The van der Waals surface area contributed by atoms with Crippen LogP contribution < -0.4 is 5.32 Å². The zero-order valence-electron chi connectivity index (χ0n) is 13.0. The van der Waals surface area contributed by atoms with Gasteiger partial charge in [0.1, 0.15) is 0 Å². The molecule has 0 saturated carbocycles. The monoisotopic (exact) mass is 359 g/mol. The Hall–Kier alpha value is -0.460. The second-order valence-corrected chi connectivity index (χ2v) is 6.25. The smallest absolute Gasteiger partial charge is 0.0897 e. The lowest BCUT2D eigenvalue weighted by Gasteiger charge is -2.18. The molecule has 0 radical (unpaired) electrons. The van der Waals surface area contributed by atoms with Crippen molar-refractivity contribution >= 4 is 15.9 Å². The molecule has 0 bridgehead atoms. The molecule has 0 aliphatic heterocycles. The predicted molar refractivity (Wildman–Crippen MR) is 88.5 cm³/mol. The highest BCUT2D eigenvalue weighted by Crippen LogP contribution is 2.17. The van der Waals surface area contributed by atoms with Gasteiger partial charge < -0.3 is 19.9 Å². The van der Waals surface area contributed by atoms with Gasteiger partial charge in [0.05, 0.1) is 32.0 Å². The Morgan fingerprint density at radius 2 is 2.00 bits per heavy atom. The Morgan fingerprint density at radius 1 is 1.24 bits per heavy atom. The summed E-state index contributed by atoms with van der Waals surface area (Å²) in [6.07, 6.45) is -0.301. The van der Waals surface area contributed by atoms with Crippen LogP contribution in [0.1, 0.15) is 32.4 Å². The van der Waals surface area contributed by atoms with Gasteiger partial charge in [-0.25, -0.2) is 0 Å². The minimum Gasteiger partial charge on any atom is -0.389 e. The fourth-order valence-electron chi connectivity index (χ4n) is 1.83. The van der Waals surface area contributed by atoms with Crippen molar-refractivity contribution in [1.82, 2.24) is 5.32 Å². The van der Waals surface area contributed by atoms with Crippen LogP contribution in [0.5, 0.6) is 0 Å². The van der Waals surface area contributed by atoms with Crippen LogP contribution in [0, 0.1) is 0 Å². The molecule has 120 valence electrons. The molecule has 0 aliphatic carbocycles. The van der Waals surface area contributed by atoms with E-state index in [2.05, 4.69) is 40.3 Å². The van der Waals surface area contributed by atoms with Gasteiger partial charge >= 0.3 is 0 Å². The Bertz CT molecular complexity index is 401. The predicted octanol–water partition coefficient (Wildman–Crippen LogP) is 2.90. The van der Waals surface area contributed by atoms with Crippen LogP contribution in [0.4, 0.5) is 0 Å². The largest absolute Gasteiger partial charge is 0.389 e. The van der Waals surface area contributed by atoms with Crippen LogP contribution in [0.15, 0.2) is 28.7 Å². The van der Waals surface area contributed by atoms with Gasteiger partial charge in [-0.05, 0) is 38.5 Å². The number of aliphatic hydroxyl groups is 1. The molecule has 4 nitrogen and oxygen atoms in total. The van der Waals surface area contributed by atoms with Crippen molar-refractivity contribution in [2.75, 3.05) is 26.4 Å². The maximum absolute atomic E-state index is 9.87. The Balaban J connectivity index is 2.16. The first kappa shape index (κ1) is 18.6. The Labute approximate surface area is 136 Å². The van der Waals surface area contributed by atoms with Crippen LogP contribution in [-0.4, -0.2) is 43.7 Å². The van der Waals surface area contributed by atoms with Crippen molar-refractivity contribution < 1.29 is 14.6 Å². The molecule has 0 saturated heterocycles. The van der Waals surface area contributed by atoms with Gasteiger partial charge in [-0.3, -0.25) is 0 Å². The van der Waals surface area contributed by atoms with Crippen LogP contribution >= 0.6 is 15.9 Å². The summed E-state index contributed by atoms with van der Waals surface area (Å²) in [6.45, 7) is 7.94. The number of ether oxygens (including phenoxy) is 2. The van der Waals surface area contributed by atoms with E-state index >= 15 is 0 Å². The molecule has 0 heterocycles. The number of hydrogen-bond acceptors (Lipinski definition) is 4. The van der Waals surface area contributed by atoms with Crippen molar-refractivity contribution in [2.24, 2.45) is 0 Å². The van der Waals surface area contributed by atoms with Crippen molar-refractivity contribution in [3.05, 3.63) is 34.3 Å². The van der Waals surface area contributed by atoms with E-state index in [4.69, 9.17) is 9.47 Å². The summed E-state index contributed by atoms with van der Waals surface area (Å²) in [4.78, 5) is 0. The first-order chi connectivity index (χ1) is 9.99. The topological polar surface area (TPSA) is 50.7 Å². The first-order valence-electron chi connectivity index (χ1n) is 7.35. The molecule has 0 fully saturated rings. The van der Waals surface area contributed by atoms with Crippen molar-refractivity contribution in [3.8, 4) is 0 Å². The molecule has 0 amide bonds. The molecule has 1 rings (SSSR count). The molecule has 5 heteroatoms. The van der Waals surface area contributed by atoms with Crippen LogP contribution in [0.2, 0.25) is 0 Å². The highest BCUT2D eigenvalue weighted by atomic mass is 79.9. The average Bonchev–Trinajstić information content (AvgIpc) is 2.44. The van der Waals surface area contributed by atoms with Crippen LogP contribution in [0.3, 0.4) is 0 Å². The molecule has 0 aromatic heterocycles. The summed E-state index contributed by atoms with van der Waals surface area (Å²) in [5, 5.41) is 13.2. The van der Waals surface area contributed by atoms with E-state index in [0.717, 1.165) is 4.47 Å².